The SMILES string of the molecule is CC(=O)OC[C@@H]1O[C@@H]2O[C@](C)(OC[C@@H]3O[C@@H]4O[C@H](C)O[C@H]4[C@H](O[C@@]4(C)O[C@@H]5O[C@@H](COC(C)=O)[C@@H](OC(C)=O)[C@H](OC(C)=O)[C@H]5O4)[C@@H]3OC(C)=O)O[C@H]2[C@H](OC(C)=O)[C@H]1OC(C)=O. The highest BCUT2D eigenvalue weighted by Crippen LogP contribution is 2.45. The molecule has 0 saturated carbocycles. The van der Waals surface area contributed by atoms with Gasteiger partial charge in [0.25, 0.3) is 11.9 Å². The maximum absolute atomic E-state index is 12.7. The highest BCUT2D eigenvalue weighted by atomic mass is 17.0. The van der Waals surface area contributed by atoms with E-state index in [9.17, 15) is 33.6 Å². The summed E-state index contributed by atoms with van der Waals surface area (Å²) in [6.45, 7) is 10.9. The van der Waals surface area contributed by atoms with E-state index in [1.54, 1.807) is 6.92 Å². The van der Waals surface area contributed by atoms with Crippen LogP contribution < -0.4 is 0 Å². The molecule has 6 saturated heterocycles. The van der Waals surface area contributed by atoms with Crippen LogP contribution in [0, 0.1) is 0 Å². The minimum absolute atomic E-state index is 0.411. The first-order valence-corrected chi connectivity index (χ1v) is 20.0. The Kier molecular flexibility index (Phi) is 15.0. The molecule has 0 aliphatic carbocycles. The van der Waals surface area contributed by atoms with Gasteiger partial charge in [-0.1, -0.05) is 0 Å². The summed E-state index contributed by atoms with van der Waals surface area (Å²) in [5, 5.41) is 0. The molecule has 6 aliphatic heterocycles. The number of carbonyl (C=O) groups is 7. The summed E-state index contributed by atoms with van der Waals surface area (Å²) in [5.41, 5.74) is 0. The van der Waals surface area contributed by atoms with Gasteiger partial charge in [0.05, 0.1) is 6.61 Å². The van der Waals surface area contributed by atoms with E-state index in [0.717, 1.165) is 48.5 Å². The van der Waals surface area contributed by atoms with E-state index < -0.39 is 172 Å². The van der Waals surface area contributed by atoms with Crippen LogP contribution in [0.15, 0.2) is 0 Å². The van der Waals surface area contributed by atoms with Crippen LogP contribution in [0.1, 0.15) is 69.2 Å². The van der Waals surface area contributed by atoms with Gasteiger partial charge in [0, 0.05) is 62.3 Å². The number of fused-ring (bicyclic) bond motifs is 3. The summed E-state index contributed by atoms with van der Waals surface area (Å²) in [6, 6.07) is 0. The third kappa shape index (κ3) is 11.6. The molecule has 25 nitrogen and oxygen atoms in total. The molecule has 0 aromatic heterocycles. The zero-order valence-electron chi connectivity index (χ0n) is 36.1. The number of esters is 7. The minimum Gasteiger partial charge on any atom is -0.463 e. The van der Waals surface area contributed by atoms with Crippen molar-refractivity contribution in [3.05, 3.63) is 0 Å². The summed E-state index contributed by atoms with van der Waals surface area (Å²) in [7, 11) is 0. The second-order valence-electron chi connectivity index (χ2n) is 15.4. The van der Waals surface area contributed by atoms with Crippen LogP contribution in [-0.2, 0) is 119 Å². The van der Waals surface area contributed by atoms with Gasteiger partial charge >= 0.3 is 41.8 Å². The van der Waals surface area contributed by atoms with Gasteiger partial charge < -0.3 is 75.8 Å². The van der Waals surface area contributed by atoms with Gasteiger partial charge in [-0.2, -0.15) is 0 Å². The van der Waals surface area contributed by atoms with E-state index in [1.165, 1.54) is 13.8 Å². The summed E-state index contributed by atoms with van der Waals surface area (Å²) in [6.07, 6.45) is -20.1. The van der Waals surface area contributed by atoms with Crippen LogP contribution in [0.2, 0.25) is 0 Å². The van der Waals surface area contributed by atoms with Gasteiger partial charge in [-0.05, 0) is 6.92 Å². The number of ether oxygens (including phenoxy) is 18. The number of hydrogen-bond acceptors (Lipinski definition) is 25. The Bertz CT molecular complexity index is 1740. The van der Waals surface area contributed by atoms with Gasteiger partial charge in [0.1, 0.15) is 43.7 Å². The molecule has 0 aromatic carbocycles. The molecule has 0 radical (unpaired) electrons. The summed E-state index contributed by atoms with van der Waals surface area (Å²) >= 11 is 0. The highest BCUT2D eigenvalue weighted by Gasteiger charge is 2.64. The smallest absolute Gasteiger partial charge is 0.303 e. The third-order valence-corrected chi connectivity index (χ3v) is 10.1. The largest absolute Gasteiger partial charge is 0.463 e. The van der Waals surface area contributed by atoms with Crippen LogP contribution in [0.3, 0.4) is 0 Å². The summed E-state index contributed by atoms with van der Waals surface area (Å²) < 4.78 is 105. The standard InChI is InChI=1S/C38H52O25/c1-14(39)46-11-22-25(49-16(3)41)28(52-19(6)44)32-35(57-22)62-37(9,60-32)48-13-24-27(51-18(5)43)30(31-34(56-24)55-21(8)54-31)59-38(10)61-33-29(53-20(7)45)26(50-17(4)42)23(12-47-15(2)40)58-36(33)63-38/h21-36H,11-13H2,1-10H3/t21-,22+,23+,24+,25+,26-,27-,28-,29+,30-,31+,32+,33-,34+,35-,36+,37-,38-/m1/s1. The lowest BCUT2D eigenvalue weighted by molar-refractivity contribution is -0.396. The van der Waals surface area contributed by atoms with Gasteiger partial charge in [0.15, 0.2) is 67.9 Å². The van der Waals surface area contributed by atoms with Crippen molar-refractivity contribution in [2.75, 3.05) is 19.8 Å². The molecule has 354 valence electrons. The van der Waals surface area contributed by atoms with Gasteiger partial charge in [0.2, 0.25) is 0 Å². The molecule has 18 atom stereocenters. The van der Waals surface area contributed by atoms with Crippen molar-refractivity contribution in [2.45, 2.75) is 180 Å². The molecular weight excluding hydrogens is 856 g/mol. The van der Waals surface area contributed by atoms with Crippen LogP contribution in [0.5, 0.6) is 0 Å². The summed E-state index contributed by atoms with van der Waals surface area (Å²) in [4.78, 5) is 85.1. The highest BCUT2D eigenvalue weighted by molar-refractivity contribution is 5.69. The predicted molar refractivity (Wildman–Crippen MR) is 192 cm³/mol. The Balaban J connectivity index is 1.24. The fourth-order valence-corrected chi connectivity index (χ4v) is 7.94. The number of rotatable bonds is 14. The lowest BCUT2D eigenvalue weighted by Crippen LogP contribution is -2.62. The average molecular weight is 909 g/mol. The molecule has 25 heteroatoms. The molecule has 6 aliphatic rings. The third-order valence-electron chi connectivity index (χ3n) is 10.1. The van der Waals surface area contributed by atoms with Gasteiger partial charge in [-0.3, -0.25) is 43.0 Å². The first kappa shape index (κ1) is 48.3. The van der Waals surface area contributed by atoms with E-state index >= 15 is 0 Å². The number of carbonyl (C=O) groups excluding carboxylic acids is 7. The second-order valence-corrected chi connectivity index (χ2v) is 15.4. The first-order valence-electron chi connectivity index (χ1n) is 20.0. The Morgan fingerprint density at radius 1 is 0.413 bits per heavy atom. The van der Waals surface area contributed by atoms with E-state index in [4.69, 9.17) is 85.3 Å². The summed E-state index contributed by atoms with van der Waals surface area (Å²) in [5.74, 6) is -9.30. The Labute approximate surface area is 359 Å². The van der Waals surface area contributed by atoms with Crippen LogP contribution in [0.4, 0.5) is 0 Å². The second kappa shape index (κ2) is 19.5. The molecule has 0 bridgehead atoms. The molecular formula is C38H52O25. The van der Waals surface area contributed by atoms with E-state index in [-0.39, 0.29) is 0 Å². The topological polar surface area (TPSA) is 286 Å². The van der Waals surface area contributed by atoms with Crippen molar-refractivity contribution in [3.8, 4) is 0 Å². The first-order chi connectivity index (χ1) is 29.5. The molecule has 6 rings (SSSR count). The lowest BCUT2D eigenvalue weighted by atomic mass is 9.98. The zero-order valence-corrected chi connectivity index (χ0v) is 36.1. The van der Waals surface area contributed by atoms with Gasteiger partial charge in [-0.25, -0.2) is 0 Å². The maximum Gasteiger partial charge on any atom is 0.303 e. The van der Waals surface area contributed by atoms with Gasteiger partial charge in [-0.15, -0.1) is 0 Å². The quantitative estimate of drug-likeness (QED) is 0.154. The Morgan fingerprint density at radius 3 is 1.24 bits per heavy atom. The van der Waals surface area contributed by atoms with Crippen molar-refractivity contribution >= 4 is 41.8 Å². The van der Waals surface area contributed by atoms with E-state index in [2.05, 4.69) is 0 Å². The average Bonchev–Trinajstić information content (AvgIpc) is 3.82. The number of hydrogen-bond donors (Lipinski definition) is 0. The molecule has 0 aromatic rings. The van der Waals surface area contributed by atoms with Crippen molar-refractivity contribution < 1.29 is 119 Å². The molecule has 6 fully saturated rings. The Hall–Kier alpha value is -4.15. The van der Waals surface area contributed by atoms with Crippen molar-refractivity contribution in [2.24, 2.45) is 0 Å². The van der Waals surface area contributed by atoms with Crippen molar-refractivity contribution in [1.82, 2.24) is 0 Å². The zero-order chi connectivity index (χ0) is 46.1. The lowest BCUT2D eigenvalue weighted by Gasteiger charge is -2.44. The molecule has 0 N–H and O–H groups in total. The molecule has 6 heterocycles. The predicted octanol–water partition coefficient (Wildman–Crippen LogP) is -0.713. The van der Waals surface area contributed by atoms with Crippen molar-refractivity contribution in [1.29, 1.82) is 0 Å². The monoisotopic (exact) mass is 908 g/mol. The van der Waals surface area contributed by atoms with Crippen LogP contribution >= 0.6 is 0 Å². The molecule has 0 amide bonds. The van der Waals surface area contributed by atoms with E-state index in [1.807, 2.05) is 0 Å². The van der Waals surface area contributed by atoms with E-state index in [0.29, 0.717) is 0 Å². The van der Waals surface area contributed by atoms with Crippen LogP contribution in [-0.4, -0.2) is 172 Å². The molecule has 0 unspecified atom stereocenters. The minimum atomic E-state index is -2.11. The normalized spacial score (nSPS) is 41.5. The maximum atomic E-state index is 12.7. The molecule has 63 heavy (non-hydrogen) atoms. The Morgan fingerprint density at radius 2 is 0.794 bits per heavy atom. The van der Waals surface area contributed by atoms with Crippen molar-refractivity contribution in [3.63, 3.8) is 0 Å². The molecule has 0 spiro atoms. The fourth-order valence-electron chi connectivity index (χ4n) is 7.94. The fraction of sp³-hybridized carbons (Fsp3) is 0.816. The van der Waals surface area contributed by atoms with Crippen LogP contribution in [0.25, 0.3) is 0 Å².